The Morgan fingerprint density at radius 3 is 2.72 bits per heavy atom. The molecule has 0 bridgehead atoms. The molecule has 0 aliphatic rings. The van der Waals surface area contributed by atoms with E-state index in [1.165, 1.54) is 24.3 Å². The van der Waals surface area contributed by atoms with Gasteiger partial charge < -0.3 is 20.4 Å². The molecular formula is C21H26FN5O2. The van der Waals surface area contributed by atoms with E-state index in [4.69, 9.17) is 10.5 Å². The maximum Gasteiger partial charge on any atom is 0.251 e. The molecule has 154 valence electrons. The number of ether oxygens (including phenoxy) is 1. The van der Waals surface area contributed by atoms with Crippen molar-refractivity contribution in [3.8, 4) is 0 Å². The van der Waals surface area contributed by atoms with Gasteiger partial charge in [0.1, 0.15) is 23.8 Å². The fraction of sp³-hybridized carbons (Fsp3) is 0.381. The topological polar surface area (TPSA) is 95.1 Å². The Morgan fingerprint density at radius 2 is 2.00 bits per heavy atom. The summed E-state index contributed by atoms with van der Waals surface area (Å²) >= 11 is 0. The minimum Gasteiger partial charge on any atom is -0.382 e. The number of nitrogens with two attached hydrogens (primary N) is 1. The molecule has 0 fully saturated rings. The van der Waals surface area contributed by atoms with Crippen LogP contribution in [0.3, 0.4) is 0 Å². The molecule has 0 aliphatic carbocycles. The average molecular weight is 399 g/mol. The molecule has 0 spiro atoms. The highest BCUT2D eigenvalue weighted by Crippen LogP contribution is 2.22. The number of nitrogens with zero attached hydrogens (tertiary/aromatic N) is 3. The molecular weight excluding hydrogens is 373 g/mol. The van der Waals surface area contributed by atoms with Gasteiger partial charge in [-0.2, -0.15) is 0 Å². The first-order chi connectivity index (χ1) is 14.0. The lowest BCUT2D eigenvalue weighted by atomic mass is 10.2. The number of anilines is 1. The Kier molecular flexibility index (Phi) is 6.77. The van der Waals surface area contributed by atoms with E-state index in [9.17, 15) is 9.18 Å². The first-order valence-electron chi connectivity index (χ1n) is 9.73. The number of imidazole rings is 1. The molecule has 0 unspecified atom stereocenters. The first kappa shape index (κ1) is 20.7. The van der Waals surface area contributed by atoms with Crippen LogP contribution in [0.5, 0.6) is 0 Å². The summed E-state index contributed by atoms with van der Waals surface area (Å²) in [6.07, 6.45) is 1.63. The summed E-state index contributed by atoms with van der Waals surface area (Å²) < 4.78 is 20.6. The van der Waals surface area contributed by atoms with Gasteiger partial charge in [0.05, 0.1) is 5.52 Å². The Bertz CT molecular complexity index is 985. The van der Waals surface area contributed by atoms with Gasteiger partial charge in [0, 0.05) is 31.0 Å². The van der Waals surface area contributed by atoms with Crippen LogP contribution in [-0.2, 0) is 17.9 Å². The second-order valence-electron chi connectivity index (χ2n) is 6.80. The molecule has 29 heavy (non-hydrogen) atoms. The second-order valence-corrected chi connectivity index (χ2v) is 6.80. The first-order valence-corrected chi connectivity index (χ1v) is 9.73. The quantitative estimate of drug-likeness (QED) is 0.539. The lowest BCUT2D eigenvalue weighted by molar-refractivity contribution is 0.0953. The fourth-order valence-corrected chi connectivity index (χ4v) is 3.17. The SMILES string of the molecule is CCOCc1nc2c(N)nc(C)cc2n1CCCCNC(=O)c1ccc(F)cc1. The number of amides is 1. The molecule has 2 heterocycles. The summed E-state index contributed by atoms with van der Waals surface area (Å²) in [5.41, 5.74) is 8.96. The van der Waals surface area contributed by atoms with Crippen molar-refractivity contribution in [2.24, 2.45) is 0 Å². The summed E-state index contributed by atoms with van der Waals surface area (Å²) in [6.45, 7) is 6.12. The standard InChI is InChI=1S/C21H26FN5O2/c1-3-29-13-18-26-19-17(12-14(2)25-20(19)23)27(18)11-5-4-10-24-21(28)15-6-8-16(22)9-7-15/h6-9,12H,3-5,10-11,13H2,1-2H3,(H2,23,25)(H,24,28). The zero-order valence-electron chi connectivity index (χ0n) is 16.7. The molecule has 1 amide bonds. The number of rotatable bonds is 9. The molecule has 2 aromatic heterocycles. The van der Waals surface area contributed by atoms with Crippen LogP contribution in [0.2, 0.25) is 0 Å². The van der Waals surface area contributed by atoms with Crippen LogP contribution < -0.4 is 11.1 Å². The molecule has 7 nitrogen and oxygen atoms in total. The summed E-state index contributed by atoms with van der Waals surface area (Å²) in [5.74, 6) is 0.673. The van der Waals surface area contributed by atoms with E-state index in [2.05, 4.69) is 19.9 Å². The number of nitrogens with one attached hydrogen (secondary N) is 1. The summed E-state index contributed by atoms with van der Waals surface area (Å²) in [7, 11) is 0. The van der Waals surface area contributed by atoms with Crippen LogP contribution in [0, 0.1) is 12.7 Å². The molecule has 3 rings (SSSR count). The third kappa shape index (κ3) is 5.08. The van der Waals surface area contributed by atoms with Crippen LogP contribution in [0.25, 0.3) is 11.0 Å². The molecule has 0 saturated carbocycles. The zero-order valence-corrected chi connectivity index (χ0v) is 16.7. The average Bonchev–Trinajstić information content (AvgIpc) is 3.04. The van der Waals surface area contributed by atoms with Crippen molar-refractivity contribution >= 4 is 22.8 Å². The summed E-state index contributed by atoms with van der Waals surface area (Å²) in [5, 5.41) is 2.86. The number of carbonyl (C=O) groups excluding carboxylic acids is 1. The van der Waals surface area contributed by atoms with E-state index in [1.807, 2.05) is 19.9 Å². The van der Waals surface area contributed by atoms with Crippen molar-refractivity contribution in [2.75, 3.05) is 18.9 Å². The van der Waals surface area contributed by atoms with Gasteiger partial charge in [-0.1, -0.05) is 0 Å². The number of fused-ring (bicyclic) bond motifs is 1. The molecule has 3 N–H and O–H groups in total. The summed E-state index contributed by atoms with van der Waals surface area (Å²) in [6, 6.07) is 7.49. The molecule has 0 radical (unpaired) electrons. The van der Waals surface area contributed by atoms with Crippen LogP contribution in [0.1, 0.15) is 41.6 Å². The largest absolute Gasteiger partial charge is 0.382 e. The number of aromatic nitrogens is 3. The number of nitrogen functional groups attached to an aromatic ring is 1. The molecule has 0 aliphatic heterocycles. The third-order valence-corrected chi connectivity index (χ3v) is 4.61. The Hall–Kier alpha value is -3.00. The maximum atomic E-state index is 12.9. The van der Waals surface area contributed by atoms with Gasteiger partial charge >= 0.3 is 0 Å². The van der Waals surface area contributed by atoms with Crippen LogP contribution in [0.4, 0.5) is 10.2 Å². The minimum atomic E-state index is -0.358. The number of halogens is 1. The van der Waals surface area contributed by atoms with Crippen molar-refractivity contribution < 1.29 is 13.9 Å². The van der Waals surface area contributed by atoms with E-state index in [0.29, 0.717) is 36.7 Å². The van der Waals surface area contributed by atoms with E-state index in [0.717, 1.165) is 36.4 Å². The number of hydrogen-bond donors (Lipinski definition) is 2. The van der Waals surface area contributed by atoms with Gasteiger partial charge in [-0.15, -0.1) is 0 Å². The van der Waals surface area contributed by atoms with Crippen molar-refractivity contribution in [1.82, 2.24) is 19.9 Å². The predicted octanol–water partition coefficient (Wildman–Crippen LogP) is 3.21. The molecule has 1 aromatic carbocycles. The van der Waals surface area contributed by atoms with E-state index < -0.39 is 0 Å². The molecule has 0 atom stereocenters. The van der Waals surface area contributed by atoms with E-state index in [-0.39, 0.29) is 11.7 Å². The van der Waals surface area contributed by atoms with Gasteiger partial charge in [-0.05, 0) is 57.0 Å². The number of benzene rings is 1. The van der Waals surface area contributed by atoms with Gasteiger partial charge in [0.2, 0.25) is 0 Å². The lowest BCUT2D eigenvalue weighted by Crippen LogP contribution is -2.24. The van der Waals surface area contributed by atoms with Gasteiger partial charge in [0.15, 0.2) is 5.82 Å². The minimum absolute atomic E-state index is 0.204. The normalized spacial score (nSPS) is 11.1. The predicted molar refractivity (Wildman–Crippen MR) is 110 cm³/mol. The number of aryl methyl sites for hydroxylation is 2. The van der Waals surface area contributed by atoms with Crippen molar-refractivity contribution in [3.63, 3.8) is 0 Å². The van der Waals surface area contributed by atoms with Crippen molar-refractivity contribution in [1.29, 1.82) is 0 Å². The number of pyridine rings is 1. The maximum absolute atomic E-state index is 12.9. The Balaban J connectivity index is 1.60. The fourth-order valence-electron chi connectivity index (χ4n) is 3.17. The van der Waals surface area contributed by atoms with Crippen LogP contribution in [0.15, 0.2) is 30.3 Å². The zero-order chi connectivity index (χ0) is 20.8. The number of carbonyl (C=O) groups is 1. The lowest BCUT2D eigenvalue weighted by Gasteiger charge is -2.10. The second kappa shape index (κ2) is 9.47. The smallest absolute Gasteiger partial charge is 0.251 e. The molecule has 8 heteroatoms. The van der Waals surface area contributed by atoms with E-state index >= 15 is 0 Å². The number of hydrogen-bond acceptors (Lipinski definition) is 5. The molecule has 3 aromatic rings. The number of unbranched alkanes of at least 4 members (excludes halogenated alkanes) is 1. The Morgan fingerprint density at radius 1 is 1.24 bits per heavy atom. The molecule has 0 saturated heterocycles. The van der Waals surface area contributed by atoms with Gasteiger partial charge in [-0.25, -0.2) is 14.4 Å². The monoisotopic (exact) mass is 399 g/mol. The van der Waals surface area contributed by atoms with Crippen LogP contribution in [-0.4, -0.2) is 33.6 Å². The highest BCUT2D eigenvalue weighted by atomic mass is 19.1. The third-order valence-electron chi connectivity index (χ3n) is 4.61. The van der Waals surface area contributed by atoms with Crippen molar-refractivity contribution in [2.45, 2.75) is 39.8 Å². The van der Waals surface area contributed by atoms with Gasteiger partial charge in [-0.3, -0.25) is 4.79 Å². The Labute approximate surface area is 169 Å². The summed E-state index contributed by atoms with van der Waals surface area (Å²) in [4.78, 5) is 21.0. The van der Waals surface area contributed by atoms with Crippen molar-refractivity contribution in [3.05, 3.63) is 53.2 Å². The highest BCUT2D eigenvalue weighted by Gasteiger charge is 2.14. The van der Waals surface area contributed by atoms with Gasteiger partial charge in [0.25, 0.3) is 5.91 Å². The van der Waals surface area contributed by atoms with E-state index in [1.54, 1.807) is 0 Å². The highest BCUT2D eigenvalue weighted by molar-refractivity contribution is 5.94. The van der Waals surface area contributed by atoms with Crippen LogP contribution >= 0.6 is 0 Å².